The maximum absolute atomic E-state index is 13.4. The molecule has 0 spiro atoms. The highest BCUT2D eigenvalue weighted by Gasteiger charge is 2.28. The summed E-state index contributed by atoms with van der Waals surface area (Å²) in [5, 5.41) is 3.55. The molecule has 170 valence electrons. The number of aryl methyl sites for hydroxylation is 2. The van der Waals surface area contributed by atoms with Gasteiger partial charge in [0, 0.05) is 16.8 Å². The van der Waals surface area contributed by atoms with Crippen LogP contribution >= 0.6 is 0 Å². The summed E-state index contributed by atoms with van der Waals surface area (Å²) in [6.45, 7) is 1.61. The van der Waals surface area contributed by atoms with Gasteiger partial charge in [0.1, 0.15) is 0 Å². The van der Waals surface area contributed by atoms with E-state index in [-0.39, 0.29) is 12.5 Å². The van der Waals surface area contributed by atoms with Gasteiger partial charge in [0.2, 0.25) is 0 Å². The second-order valence-electron chi connectivity index (χ2n) is 8.77. The van der Waals surface area contributed by atoms with Gasteiger partial charge in [-0.15, -0.1) is 0 Å². The number of fused-ring (bicyclic) bond motifs is 2. The van der Waals surface area contributed by atoms with Crippen LogP contribution in [0.2, 0.25) is 0 Å². The first-order valence-electron chi connectivity index (χ1n) is 11.6. The van der Waals surface area contributed by atoms with Crippen LogP contribution in [-0.4, -0.2) is 23.5 Å². The predicted octanol–water partition coefficient (Wildman–Crippen LogP) is 5.61. The van der Waals surface area contributed by atoms with E-state index in [1.807, 2.05) is 73.7 Å². The van der Waals surface area contributed by atoms with Gasteiger partial charge in [0.05, 0.1) is 11.1 Å². The first-order chi connectivity index (χ1) is 16.6. The fraction of sp³-hybridized carbons (Fsp3) is 0.207. The summed E-state index contributed by atoms with van der Waals surface area (Å²) < 4.78 is 5.53. The van der Waals surface area contributed by atoms with Gasteiger partial charge >= 0.3 is 5.97 Å². The maximum atomic E-state index is 13.4. The molecule has 0 saturated heterocycles. The van der Waals surface area contributed by atoms with Gasteiger partial charge in [-0.25, -0.2) is 4.79 Å². The molecule has 4 aromatic rings. The molecule has 3 aromatic carbocycles. The van der Waals surface area contributed by atoms with E-state index >= 15 is 0 Å². The van der Waals surface area contributed by atoms with Crippen molar-refractivity contribution in [1.82, 2.24) is 4.98 Å². The minimum absolute atomic E-state index is 0.313. The summed E-state index contributed by atoms with van der Waals surface area (Å²) in [4.78, 5) is 30.7. The zero-order valence-electron chi connectivity index (χ0n) is 19.1. The van der Waals surface area contributed by atoms with E-state index < -0.39 is 5.97 Å². The number of hydrogen-bond acceptors (Lipinski definition) is 4. The van der Waals surface area contributed by atoms with Crippen LogP contribution in [0.1, 0.15) is 45.1 Å². The number of nitrogens with one attached hydrogen (secondary N) is 1. The molecule has 1 amide bonds. The molecule has 1 aliphatic carbocycles. The number of ether oxygens (including phenoxy) is 1. The van der Waals surface area contributed by atoms with E-state index in [4.69, 9.17) is 9.72 Å². The molecule has 0 radical (unpaired) electrons. The Hall–Kier alpha value is -3.99. The van der Waals surface area contributed by atoms with Gasteiger partial charge in [-0.3, -0.25) is 9.78 Å². The highest BCUT2D eigenvalue weighted by atomic mass is 16.5. The molecule has 1 atom stereocenters. The van der Waals surface area contributed by atoms with Gasteiger partial charge in [0.15, 0.2) is 6.61 Å². The first-order valence-corrected chi connectivity index (χ1v) is 11.6. The smallest absolute Gasteiger partial charge is 0.339 e. The number of pyridine rings is 1. The Morgan fingerprint density at radius 1 is 1.00 bits per heavy atom. The Kier molecular flexibility index (Phi) is 6.09. The molecule has 5 rings (SSSR count). The summed E-state index contributed by atoms with van der Waals surface area (Å²) >= 11 is 0. The van der Waals surface area contributed by atoms with Crippen LogP contribution in [0.4, 0.5) is 5.69 Å². The zero-order valence-corrected chi connectivity index (χ0v) is 19.1. The number of aromatic nitrogens is 1. The summed E-state index contributed by atoms with van der Waals surface area (Å²) in [6.07, 6.45) is 2.50. The second-order valence-corrected chi connectivity index (χ2v) is 8.77. The Labute approximate surface area is 198 Å². The molecule has 5 heteroatoms. The number of carbonyl (C=O) groups is 2. The number of rotatable bonds is 5. The van der Waals surface area contributed by atoms with Gasteiger partial charge in [0.25, 0.3) is 5.91 Å². The van der Waals surface area contributed by atoms with Crippen molar-refractivity contribution in [2.75, 3.05) is 11.9 Å². The van der Waals surface area contributed by atoms with Gasteiger partial charge in [-0.05, 0) is 67.0 Å². The molecule has 34 heavy (non-hydrogen) atoms. The Balaban J connectivity index is 1.41. The highest BCUT2D eigenvalue weighted by molar-refractivity contribution is 6.06. The van der Waals surface area contributed by atoms with Crippen molar-refractivity contribution in [3.05, 3.63) is 107 Å². The number of hydrogen-bond donors (Lipinski definition) is 1. The van der Waals surface area contributed by atoms with Crippen LogP contribution in [0.25, 0.3) is 10.9 Å². The van der Waals surface area contributed by atoms with Crippen molar-refractivity contribution in [1.29, 1.82) is 0 Å². The summed E-state index contributed by atoms with van der Waals surface area (Å²) in [6, 6.07) is 25.5. The molecule has 1 heterocycles. The lowest BCUT2D eigenvalue weighted by molar-refractivity contribution is -0.119. The van der Waals surface area contributed by atoms with Crippen LogP contribution in [0.5, 0.6) is 0 Å². The maximum Gasteiger partial charge on any atom is 0.339 e. The van der Waals surface area contributed by atoms with Crippen LogP contribution in [0.3, 0.4) is 0 Å². The monoisotopic (exact) mass is 450 g/mol. The first kappa shape index (κ1) is 21.8. The fourth-order valence-corrected chi connectivity index (χ4v) is 4.75. The molecule has 1 aliphatic rings. The molecule has 1 unspecified atom stereocenters. The van der Waals surface area contributed by atoms with Crippen LogP contribution in [0.15, 0.2) is 78.9 Å². The van der Waals surface area contributed by atoms with Crippen molar-refractivity contribution in [3.63, 3.8) is 0 Å². The zero-order chi connectivity index (χ0) is 23.5. The minimum Gasteiger partial charge on any atom is -0.452 e. The predicted molar refractivity (Wildman–Crippen MR) is 133 cm³/mol. The van der Waals surface area contributed by atoms with E-state index in [2.05, 4.69) is 17.4 Å². The molecule has 0 fully saturated rings. The normalized spacial score (nSPS) is 14.9. The average Bonchev–Trinajstić information content (AvgIpc) is 2.86. The number of amides is 1. The number of nitrogens with zero attached hydrogens (tertiary/aromatic N) is 1. The molecule has 0 bridgehead atoms. The third-order valence-corrected chi connectivity index (χ3v) is 6.37. The van der Waals surface area contributed by atoms with Crippen molar-refractivity contribution >= 4 is 28.5 Å². The summed E-state index contributed by atoms with van der Waals surface area (Å²) in [5.74, 6) is -0.538. The molecular weight excluding hydrogens is 424 g/mol. The Morgan fingerprint density at radius 2 is 1.79 bits per heavy atom. The van der Waals surface area contributed by atoms with Gasteiger partial charge in [-0.1, -0.05) is 60.7 Å². The number of benzene rings is 3. The van der Waals surface area contributed by atoms with Crippen LogP contribution in [-0.2, 0) is 22.4 Å². The highest BCUT2D eigenvalue weighted by Crippen LogP contribution is 2.36. The van der Waals surface area contributed by atoms with E-state index in [1.54, 1.807) is 0 Å². The Bertz CT molecular complexity index is 1360. The largest absolute Gasteiger partial charge is 0.452 e. The van der Waals surface area contributed by atoms with E-state index in [9.17, 15) is 9.59 Å². The van der Waals surface area contributed by atoms with Crippen molar-refractivity contribution < 1.29 is 14.3 Å². The van der Waals surface area contributed by atoms with Gasteiger partial charge in [-0.2, -0.15) is 0 Å². The second kappa shape index (κ2) is 9.48. The van der Waals surface area contributed by atoms with Crippen molar-refractivity contribution in [3.8, 4) is 0 Å². The lowest BCUT2D eigenvalue weighted by atomic mass is 9.80. The van der Waals surface area contributed by atoms with Crippen molar-refractivity contribution in [2.45, 2.75) is 32.1 Å². The van der Waals surface area contributed by atoms with Crippen molar-refractivity contribution in [2.24, 2.45) is 0 Å². The number of para-hydroxylation sites is 1. The number of carbonyl (C=O) groups excluding carboxylic acids is 2. The van der Waals surface area contributed by atoms with E-state index in [0.29, 0.717) is 17.2 Å². The number of anilines is 1. The standard InChI is InChI=1S/C29H26N2O3/c1-19-8-7-11-22(16-19)30-27(32)18-34-29(33)28-23-12-5-6-13-25(23)31-26-15-14-21(17-24(26)28)20-9-3-2-4-10-20/h2-13,16,21H,14-15,17-18H2,1H3,(H,30,32). The topological polar surface area (TPSA) is 68.3 Å². The number of esters is 1. The van der Waals surface area contributed by atoms with E-state index in [1.165, 1.54) is 5.56 Å². The summed E-state index contributed by atoms with van der Waals surface area (Å²) in [5.41, 5.74) is 6.17. The average molecular weight is 451 g/mol. The third-order valence-electron chi connectivity index (χ3n) is 6.37. The molecule has 5 nitrogen and oxygen atoms in total. The fourth-order valence-electron chi connectivity index (χ4n) is 4.75. The SMILES string of the molecule is Cc1cccc(NC(=O)COC(=O)c2c3c(nc4ccccc24)CCC(c2ccccc2)C3)c1. The summed E-state index contributed by atoms with van der Waals surface area (Å²) in [7, 11) is 0. The molecular formula is C29H26N2O3. The van der Waals surface area contributed by atoms with E-state index in [0.717, 1.165) is 47.0 Å². The molecule has 1 aromatic heterocycles. The third kappa shape index (κ3) is 4.55. The molecule has 0 aliphatic heterocycles. The molecule has 0 saturated carbocycles. The van der Waals surface area contributed by atoms with Crippen LogP contribution in [0, 0.1) is 6.92 Å². The quantitative estimate of drug-likeness (QED) is 0.401. The van der Waals surface area contributed by atoms with Crippen LogP contribution < -0.4 is 5.32 Å². The molecule has 1 N–H and O–H groups in total. The minimum atomic E-state index is -0.483. The Morgan fingerprint density at radius 3 is 2.62 bits per heavy atom. The van der Waals surface area contributed by atoms with Gasteiger partial charge < -0.3 is 10.1 Å². The lowest BCUT2D eigenvalue weighted by Gasteiger charge is -2.26. The lowest BCUT2D eigenvalue weighted by Crippen LogP contribution is -2.23.